The lowest BCUT2D eigenvalue weighted by Gasteiger charge is -2.16. The summed E-state index contributed by atoms with van der Waals surface area (Å²) in [6, 6.07) is 12.7. The lowest BCUT2D eigenvalue weighted by molar-refractivity contribution is -0.151. The van der Waals surface area contributed by atoms with E-state index < -0.39 is 30.3 Å². The Labute approximate surface area is 172 Å². The zero-order valence-corrected chi connectivity index (χ0v) is 16.4. The van der Waals surface area contributed by atoms with E-state index in [-0.39, 0.29) is 18.9 Å². The molecule has 0 aliphatic heterocycles. The monoisotopic (exact) mass is 411 g/mol. The highest BCUT2D eigenvalue weighted by atomic mass is 19.1. The Bertz CT molecular complexity index is 1060. The van der Waals surface area contributed by atoms with Gasteiger partial charge in [-0.2, -0.15) is 0 Å². The fraction of sp³-hybridized carbons (Fsp3) is 0.227. The normalized spacial score (nSPS) is 11.7. The van der Waals surface area contributed by atoms with E-state index in [0.29, 0.717) is 5.56 Å². The van der Waals surface area contributed by atoms with Crippen LogP contribution < -0.4 is 10.6 Å². The molecule has 3 rings (SSSR count). The molecule has 0 aliphatic carbocycles. The van der Waals surface area contributed by atoms with Gasteiger partial charge in [0.15, 0.2) is 6.61 Å². The number of amides is 2. The predicted octanol–water partition coefficient (Wildman–Crippen LogP) is 2.21. The first kappa shape index (κ1) is 21.0. The number of H-pyrrole nitrogens is 1. The summed E-state index contributed by atoms with van der Waals surface area (Å²) in [6.45, 7) is 0.751. The minimum absolute atomic E-state index is 0.0203. The molecule has 8 heteroatoms. The van der Waals surface area contributed by atoms with Gasteiger partial charge in [0.05, 0.1) is 0 Å². The molecule has 7 nitrogen and oxygen atoms in total. The molecule has 0 saturated carbocycles. The van der Waals surface area contributed by atoms with Crippen molar-refractivity contribution in [3.8, 4) is 0 Å². The third-order valence-corrected chi connectivity index (χ3v) is 4.54. The number of rotatable bonds is 8. The number of ether oxygens (including phenoxy) is 1. The van der Waals surface area contributed by atoms with Crippen LogP contribution in [0.3, 0.4) is 0 Å². The Morgan fingerprint density at radius 1 is 1.07 bits per heavy atom. The van der Waals surface area contributed by atoms with Gasteiger partial charge in [-0.25, -0.2) is 9.18 Å². The maximum absolute atomic E-state index is 13.6. The Morgan fingerprint density at radius 3 is 2.57 bits per heavy atom. The topological polar surface area (TPSA) is 100 Å². The SMILES string of the molecule is CC(=O)N[C@@H](Cc1c[nH]c2ccccc12)C(=O)OCC(=O)NCc1ccccc1F. The Morgan fingerprint density at radius 2 is 1.80 bits per heavy atom. The molecule has 0 spiro atoms. The summed E-state index contributed by atoms with van der Waals surface area (Å²) in [5.41, 5.74) is 2.08. The first-order valence-electron chi connectivity index (χ1n) is 9.43. The van der Waals surface area contributed by atoms with Crippen molar-refractivity contribution in [1.82, 2.24) is 15.6 Å². The van der Waals surface area contributed by atoms with Crippen molar-refractivity contribution in [1.29, 1.82) is 0 Å². The number of halogens is 1. The molecule has 0 unspecified atom stereocenters. The summed E-state index contributed by atoms with van der Waals surface area (Å²) >= 11 is 0. The van der Waals surface area contributed by atoms with E-state index in [9.17, 15) is 18.8 Å². The van der Waals surface area contributed by atoms with Crippen molar-refractivity contribution in [3.63, 3.8) is 0 Å². The van der Waals surface area contributed by atoms with Crippen molar-refractivity contribution in [2.75, 3.05) is 6.61 Å². The second-order valence-electron chi connectivity index (χ2n) is 6.79. The van der Waals surface area contributed by atoms with Gasteiger partial charge in [0, 0.05) is 42.6 Å². The Kier molecular flexibility index (Phi) is 6.79. The number of esters is 1. The third-order valence-electron chi connectivity index (χ3n) is 4.54. The third kappa shape index (κ3) is 5.44. The summed E-state index contributed by atoms with van der Waals surface area (Å²) < 4.78 is 18.7. The molecule has 2 amide bonds. The predicted molar refractivity (Wildman–Crippen MR) is 109 cm³/mol. The average molecular weight is 411 g/mol. The van der Waals surface area contributed by atoms with Crippen molar-refractivity contribution < 1.29 is 23.5 Å². The summed E-state index contributed by atoms with van der Waals surface area (Å²) in [4.78, 5) is 39.1. The highest BCUT2D eigenvalue weighted by Gasteiger charge is 2.23. The van der Waals surface area contributed by atoms with E-state index in [2.05, 4.69) is 15.6 Å². The number of benzene rings is 2. The van der Waals surface area contributed by atoms with Gasteiger partial charge in [0.25, 0.3) is 5.91 Å². The van der Waals surface area contributed by atoms with E-state index in [4.69, 9.17) is 4.74 Å². The van der Waals surface area contributed by atoms with Crippen molar-refractivity contribution in [2.24, 2.45) is 0 Å². The number of carbonyl (C=O) groups is 3. The standard InChI is InChI=1S/C22H22FN3O4/c1-14(27)26-20(10-16-12-24-19-9-5-3-7-17(16)19)22(29)30-13-21(28)25-11-15-6-2-4-8-18(15)23/h2-9,12,20,24H,10-11,13H2,1H3,(H,25,28)(H,26,27)/t20-/m0/s1. The second-order valence-corrected chi connectivity index (χ2v) is 6.79. The maximum Gasteiger partial charge on any atom is 0.329 e. The molecule has 0 aliphatic rings. The Hall–Kier alpha value is -3.68. The van der Waals surface area contributed by atoms with Gasteiger partial charge in [0.1, 0.15) is 11.9 Å². The van der Waals surface area contributed by atoms with Gasteiger partial charge < -0.3 is 20.4 Å². The number of nitrogens with one attached hydrogen (secondary N) is 3. The van der Waals surface area contributed by atoms with Crippen LogP contribution in [0.4, 0.5) is 4.39 Å². The highest BCUT2D eigenvalue weighted by molar-refractivity contribution is 5.88. The molecule has 1 aromatic heterocycles. The smallest absolute Gasteiger partial charge is 0.329 e. The van der Waals surface area contributed by atoms with Crippen LogP contribution in [-0.2, 0) is 32.1 Å². The number of aromatic nitrogens is 1. The van der Waals surface area contributed by atoms with Crippen LogP contribution >= 0.6 is 0 Å². The molecular formula is C22H22FN3O4. The molecule has 30 heavy (non-hydrogen) atoms. The largest absolute Gasteiger partial charge is 0.454 e. The molecular weight excluding hydrogens is 389 g/mol. The number of carbonyl (C=O) groups excluding carboxylic acids is 3. The first-order valence-corrected chi connectivity index (χ1v) is 9.43. The lowest BCUT2D eigenvalue weighted by atomic mass is 10.0. The van der Waals surface area contributed by atoms with E-state index in [1.807, 2.05) is 24.3 Å². The minimum atomic E-state index is -0.943. The summed E-state index contributed by atoms with van der Waals surface area (Å²) in [5, 5.41) is 5.99. The quantitative estimate of drug-likeness (QED) is 0.495. The summed E-state index contributed by atoms with van der Waals surface area (Å²) in [5.74, 6) is -2.11. The zero-order valence-electron chi connectivity index (χ0n) is 16.4. The number of para-hydroxylation sites is 1. The minimum Gasteiger partial charge on any atom is -0.454 e. The van der Waals surface area contributed by atoms with Gasteiger partial charge in [-0.1, -0.05) is 36.4 Å². The van der Waals surface area contributed by atoms with Crippen molar-refractivity contribution >= 4 is 28.7 Å². The van der Waals surface area contributed by atoms with Crippen molar-refractivity contribution in [3.05, 3.63) is 71.7 Å². The van der Waals surface area contributed by atoms with Gasteiger partial charge in [-0.3, -0.25) is 9.59 Å². The number of aromatic amines is 1. The number of hydrogen-bond donors (Lipinski definition) is 3. The summed E-state index contributed by atoms with van der Waals surface area (Å²) in [7, 11) is 0. The van der Waals surface area contributed by atoms with E-state index in [1.54, 1.807) is 24.4 Å². The highest BCUT2D eigenvalue weighted by Crippen LogP contribution is 2.19. The van der Waals surface area contributed by atoms with Crippen LogP contribution in [0, 0.1) is 5.82 Å². The summed E-state index contributed by atoms with van der Waals surface area (Å²) in [6.07, 6.45) is 1.98. The molecule has 1 atom stereocenters. The van der Waals surface area contributed by atoms with Gasteiger partial charge >= 0.3 is 5.97 Å². The average Bonchev–Trinajstić information content (AvgIpc) is 3.13. The van der Waals surface area contributed by atoms with Crippen LogP contribution in [-0.4, -0.2) is 35.4 Å². The Balaban J connectivity index is 1.57. The van der Waals surface area contributed by atoms with Gasteiger partial charge in [0.2, 0.25) is 5.91 Å². The molecule has 0 saturated heterocycles. The molecule has 0 fully saturated rings. The van der Waals surface area contributed by atoms with Crippen molar-refractivity contribution in [2.45, 2.75) is 25.9 Å². The van der Waals surface area contributed by atoms with E-state index in [0.717, 1.165) is 16.5 Å². The molecule has 0 bridgehead atoms. The molecule has 3 N–H and O–H groups in total. The number of hydrogen-bond acceptors (Lipinski definition) is 4. The van der Waals surface area contributed by atoms with E-state index in [1.165, 1.54) is 13.0 Å². The van der Waals surface area contributed by atoms with Crippen LogP contribution in [0.25, 0.3) is 10.9 Å². The fourth-order valence-electron chi connectivity index (χ4n) is 3.08. The second kappa shape index (κ2) is 9.69. The van der Waals surface area contributed by atoms with Crippen LogP contribution in [0.2, 0.25) is 0 Å². The molecule has 1 heterocycles. The number of fused-ring (bicyclic) bond motifs is 1. The van der Waals surface area contributed by atoms with E-state index >= 15 is 0 Å². The zero-order chi connectivity index (χ0) is 21.5. The van der Waals surface area contributed by atoms with Crippen LogP contribution in [0.15, 0.2) is 54.7 Å². The molecule has 156 valence electrons. The molecule has 0 radical (unpaired) electrons. The molecule has 3 aromatic rings. The molecule has 2 aromatic carbocycles. The fourth-order valence-corrected chi connectivity index (χ4v) is 3.08. The maximum atomic E-state index is 13.6. The van der Waals surface area contributed by atoms with Gasteiger partial charge in [-0.05, 0) is 17.7 Å². The van der Waals surface area contributed by atoms with Crippen LogP contribution in [0.1, 0.15) is 18.1 Å². The first-order chi connectivity index (χ1) is 14.4. The lowest BCUT2D eigenvalue weighted by Crippen LogP contribution is -2.43. The van der Waals surface area contributed by atoms with Gasteiger partial charge in [-0.15, -0.1) is 0 Å². The van der Waals surface area contributed by atoms with Crippen LogP contribution in [0.5, 0.6) is 0 Å².